The van der Waals surface area contributed by atoms with Crippen molar-refractivity contribution < 1.29 is 18.3 Å². The molecule has 1 atom stereocenters. The molecule has 0 N–H and O–H groups in total. The van der Waals surface area contributed by atoms with Gasteiger partial charge in [0.25, 0.3) is 11.1 Å². The van der Waals surface area contributed by atoms with Gasteiger partial charge in [-0.05, 0) is 36.4 Å². The zero-order valence-electron chi connectivity index (χ0n) is 14.9. The van der Waals surface area contributed by atoms with E-state index in [9.17, 15) is 4.39 Å². The van der Waals surface area contributed by atoms with Gasteiger partial charge in [0.15, 0.2) is 11.5 Å². The Morgan fingerprint density at radius 2 is 1.90 bits per heavy atom. The van der Waals surface area contributed by atoms with Crippen molar-refractivity contribution in [2.45, 2.75) is 17.1 Å². The number of hydrogen-bond donors (Lipinski definition) is 0. The molecular formula is C20H14FN3O3S2. The van der Waals surface area contributed by atoms with E-state index in [0.29, 0.717) is 35.0 Å². The van der Waals surface area contributed by atoms with Crippen molar-refractivity contribution in [1.29, 1.82) is 0 Å². The van der Waals surface area contributed by atoms with Crippen molar-refractivity contribution in [3.8, 4) is 22.1 Å². The van der Waals surface area contributed by atoms with E-state index >= 15 is 0 Å². The summed E-state index contributed by atoms with van der Waals surface area (Å²) < 4.78 is 30.4. The van der Waals surface area contributed by atoms with Crippen molar-refractivity contribution in [3.05, 3.63) is 71.3 Å². The van der Waals surface area contributed by atoms with Crippen LogP contribution in [-0.4, -0.2) is 21.8 Å². The van der Waals surface area contributed by atoms with Gasteiger partial charge in [-0.1, -0.05) is 23.9 Å². The van der Waals surface area contributed by atoms with Crippen LogP contribution in [0.25, 0.3) is 10.6 Å². The third-order valence-electron chi connectivity index (χ3n) is 4.19. The van der Waals surface area contributed by atoms with Gasteiger partial charge >= 0.3 is 0 Å². The highest BCUT2D eigenvalue weighted by Gasteiger charge is 2.27. The SMILES string of the molecule is Fc1ccc(-c2nc(CSc3nnc([C@H]4COc5ccccc5O4)o3)cs2)cc1. The summed E-state index contributed by atoms with van der Waals surface area (Å²) >= 11 is 2.92. The first kappa shape index (κ1) is 18.1. The van der Waals surface area contributed by atoms with E-state index in [0.717, 1.165) is 16.3 Å². The molecular weight excluding hydrogens is 413 g/mol. The Labute approximate surface area is 173 Å². The summed E-state index contributed by atoms with van der Waals surface area (Å²) in [5, 5.41) is 11.4. The van der Waals surface area contributed by atoms with Crippen molar-refractivity contribution >= 4 is 23.1 Å². The molecule has 0 aliphatic carbocycles. The topological polar surface area (TPSA) is 70.3 Å². The van der Waals surface area contributed by atoms with E-state index in [-0.39, 0.29) is 5.82 Å². The number of rotatable bonds is 5. The summed E-state index contributed by atoms with van der Waals surface area (Å²) in [6, 6.07) is 13.8. The first-order chi connectivity index (χ1) is 14.2. The molecule has 5 rings (SSSR count). The smallest absolute Gasteiger partial charge is 0.277 e. The molecule has 0 bridgehead atoms. The fraction of sp³-hybridized carbons (Fsp3) is 0.150. The second-order valence-electron chi connectivity index (χ2n) is 6.21. The third kappa shape index (κ3) is 3.96. The minimum absolute atomic E-state index is 0.260. The van der Waals surface area contributed by atoms with E-state index in [1.807, 2.05) is 29.6 Å². The van der Waals surface area contributed by atoms with Crippen molar-refractivity contribution in [2.24, 2.45) is 0 Å². The molecule has 0 saturated carbocycles. The number of thiazole rings is 1. The third-order valence-corrected chi connectivity index (χ3v) is 5.98. The lowest BCUT2D eigenvalue weighted by molar-refractivity contribution is 0.0686. The number of para-hydroxylation sites is 2. The highest BCUT2D eigenvalue weighted by molar-refractivity contribution is 7.98. The maximum atomic E-state index is 13.1. The Hall–Kier alpha value is -2.91. The van der Waals surface area contributed by atoms with Crippen LogP contribution in [0, 0.1) is 5.82 Å². The molecule has 0 unspecified atom stereocenters. The second kappa shape index (κ2) is 7.84. The summed E-state index contributed by atoms with van der Waals surface area (Å²) in [4.78, 5) is 4.59. The van der Waals surface area contributed by atoms with E-state index in [2.05, 4.69) is 15.2 Å². The molecule has 1 aliphatic rings. The summed E-state index contributed by atoms with van der Waals surface area (Å²) in [6.07, 6.45) is -0.434. The highest BCUT2D eigenvalue weighted by Crippen LogP contribution is 2.36. The average molecular weight is 427 g/mol. The largest absolute Gasteiger partial charge is 0.485 e. The van der Waals surface area contributed by atoms with Gasteiger partial charge in [-0.15, -0.1) is 21.5 Å². The standard InChI is InChI=1S/C20H14FN3O3S2/c21-13-7-5-12(6-8-13)19-22-14(10-28-19)11-29-20-24-23-18(27-20)17-9-25-15-3-1-2-4-16(15)26-17/h1-8,10,17H,9,11H2/t17-/m1/s1. The quantitative estimate of drug-likeness (QED) is 0.409. The number of hydrogen-bond acceptors (Lipinski definition) is 8. The number of fused-ring (bicyclic) bond motifs is 1. The minimum atomic E-state index is -0.434. The minimum Gasteiger partial charge on any atom is -0.485 e. The zero-order valence-corrected chi connectivity index (χ0v) is 16.6. The van der Waals surface area contributed by atoms with Crippen LogP contribution in [0.1, 0.15) is 17.7 Å². The predicted molar refractivity (Wildman–Crippen MR) is 107 cm³/mol. The maximum Gasteiger partial charge on any atom is 0.277 e. The number of nitrogens with zero attached hydrogens (tertiary/aromatic N) is 3. The van der Waals surface area contributed by atoms with Crippen LogP contribution in [-0.2, 0) is 5.75 Å². The van der Waals surface area contributed by atoms with Crippen LogP contribution in [0.4, 0.5) is 4.39 Å². The maximum absolute atomic E-state index is 13.1. The van der Waals surface area contributed by atoms with E-state index < -0.39 is 6.10 Å². The Balaban J connectivity index is 1.22. The first-order valence-corrected chi connectivity index (χ1v) is 10.7. The lowest BCUT2D eigenvalue weighted by Gasteiger charge is -2.23. The van der Waals surface area contributed by atoms with Crippen LogP contribution in [0.5, 0.6) is 11.5 Å². The summed E-state index contributed by atoms with van der Waals surface area (Å²) in [5.74, 6) is 2.08. The first-order valence-electron chi connectivity index (χ1n) is 8.79. The zero-order chi connectivity index (χ0) is 19.6. The van der Waals surface area contributed by atoms with Gasteiger partial charge in [-0.3, -0.25) is 0 Å². The van der Waals surface area contributed by atoms with Gasteiger partial charge in [-0.2, -0.15) is 0 Å². The van der Waals surface area contributed by atoms with E-state index in [1.165, 1.54) is 35.2 Å². The van der Waals surface area contributed by atoms with Crippen molar-refractivity contribution in [3.63, 3.8) is 0 Å². The number of halogens is 1. The second-order valence-corrected chi connectivity index (χ2v) is 7.99. The van der Waals surface area contributed by atoms with Crippen molar-refractivity contribution in [2.75, 3.05) is 6.61 Å². The molecule has 9 heteroatoms. The molecule has 4 aromatic rings. The normalized spacial score (nSPS) is 15.4. The molecule has 0 fully saturated rings. The predicted octanol–water partition coefficient (Wildman–Crippen LogP) is 5.14. The summed E-state index contributed by atoms with van der Waals surface area (Å²) in [7, 11) is 0. The monoisotopic (exact) mass is 427 g/mol. The molecule has 6 nitrogen and oxygen atoms in total. The fourth-order valence-electron chi connectivity index (χ4n) is 2.78. The number of benzene rings is 2. The highest BCUT2D eigenvalue weighted by atomic mass is 32.2. The number of thioether (sulfide) groups is 1. The van der Waals surface area contributed by atoms with Crippen LogP contribution in [0.3, 0.4) is 0 Å². The van der Waals surface area contributed by atoms with Gasteiger partial charge in [0.2, 0.25) is 6.10 Å². The Kier molecular flexibility index (Phi) is 4.91. The summed E-state index contributed by atoms with van der Waals surface area (Å²) in [6.45, 7) is 0.316. The van der Waals surface area contributed by atoms with Crippen LogP contribution < -0.4 is 9.47 Å². The van der Waals surface area contributed by atoms with Gasteiger partial charge in [0.05, 0.1) is 5.69 Å². The molecule has 2 aromatic carbocycles. The van der Waals surface area contributed by atoms with Crippen LogP contribution in [0.15, 0.2) is 63.6 Å². The number of ether oxygens (including phenoxy) is 2. The average Bonchev–Trinajstić information content (AvgIpc) is 3.42. The van der Waals surface area contributed by atoms with Crippen LogP contribution in [0.2, 0.25) is 0 Å². The van der Waals surface area contributed by atoms with Gasteiger partial charge in [-0.25, -0.2) is 9.37 Å². The summed E-state index contributed by atoms with van der Waals surface area (Å²) in [5.41, 5.74) is 1.78. The molecule has 1 aliphatic heterocycles. The molecule has 2 aromatic heterocycles. The molecule has 0 spiro atoms. The molecule has 0 amide bonds. The van der Waals surface area contributed by atoms with Gasteiger partial charge in [0.1, 0.15) is 17.4 Å². The molecule has 146 valence electrons. The van der Waals surface area contributed by atoms with Crippen molar-refractivity contribution in [1.82, 2.24) is 15.2 Å². The molecule has 0 saturated heterocycles. The van der Waals surface area contributed by atoms with Gasteiger partial charge < -0.3 is 13.9 Å². The van der Waals surface area contributed by atoms with E-state index in [1.54, 1.807) is 12.1 Å². The molecule has 29 heavy (non-hydrogen) atoms. The Bertz CT molecular complexity index is 1130. The lowest BCUT2D eigenvalue weighted by Crippen LogP contribution is -2.21. The number of aromatic nitrogens is 3. The fourth-order valence-corrected chi connectivity index (χ4v) is 4.38. The lowest BCUT2D eigenvalue weighted by atomic mass is 10.2. The van der Waals surface area contributed by atoms with Gasteiger partial charge in [0, 0.05) is 16.7 Å². The van der Waals surface area contributed by atoms with Crippen LogP contribution >= 0.6 is 23.1 Å². The Morgan fingerprint density at radius 3 is 2.76 bits per heavy atom. The van der Waals surface area contributed by atoms with E-state index in [4.69, 9.17) is 13.9 Å². The molecule has 3 heterocycles. The molecule has 0 radical (unpaired) electrons. The Morgan fingerprint density at radius 1 is 1.07 bits per heavy atom.